The van der Waals surface area contributed by atoms with Gasteiger partial charge in [-0.2, -0.15) is 0 Å². The highest BCUT2D eigenvalue weighted by Gasteiger charge is 2.45. The molecule has 0 aromatic heterocycles. The molecule has 0 aliphatic carbocycles. The van der Waals surface area contributed by atoms with Gasteiger partial charge in [-0.3, -0.25) is 4.90 Å². The summed E-state index contributed by atoms with van der Waals surface area (Å²) in [6, 6.07) is 16.9. The molecule has 0 bridgehead atoms. The van der Waals surface area contributed by atoms with Gasteiger partial charge in [0, 0.05) is 6.54 Å². The molecule has 2 aliphatic rings. The fraction of sp³-hybridized carbons (Fsp3) is 0.400. The first-order chi connectivity index (χ1) is 11.8. The second kappa shape index (κ2) is 6.46. The van der Waals surface area contributed by atoms with E-state index in [4.69, 9.17) is 14.2 Å². The number of hydrogen-bond donors (Lipinski definition) is 0. The van der Waals surface area contributed by atoms with Gasteiger partial charge in [-0.25, -0.2) is 0 Å². The quantitative estimate of drug-likeness (QED) is 0.852. The Morgan fingerprint density at radius 1 is 0.875 bits per heavy atom. The van der Waals surface area contributed by atoms with Gasteiger partial charge in [0.15, 0.2) is 0 Å². The van der Waals surface area contributed by atoms with Crippen molar-refractivity contribution in [3.05, 3.63) is 59.7 Å². The molecule has 2 aliphatic heterocycles. The lowest BCUT2D eigenvalue weighted by atomic mass is 9.95. The number of nitrogens with zero attached hydrogens (tertiary/aromatic N) is 1. The summed E-state index contributed by atoms with van der Waals surface area (Å²) in [5.74, 6) is 1.76. The van der Waals surface area contributed by atoms with Gasteiger partial charge in [0.05, 0.1) is 20.3 Å². The van der Waals surface area contributed by atoms with Crippen LogP contribution in [0.3, 0.4) is 0 Å². The SMILES string of the molecule is COc1ccc([C@H]2O[C@H]3CCCN3[C@@H]2c2ccc(OC)cc2)cc1. The number of rotatable bonds is 4. The van der Waals surface area contributed by atoms with Gasteiger partial charge in [0.25, 0.3) is 0 Å². The van der Waals surface area contributed by atoms with Crippen molar-refractivity contribution in [3.8, 4) is 11.5 Å². The summed E-state index contributed by atoms with van der Waals surface area (Å²) in [7, 11) is 3.39. The van der Waals surface area contributed by atoms with Crippen LogP contribution < -0.4 is 9.47 Å². The predicted octanol–water partition coefficient (Wildman–Crippen LogP) is 3.94. The minimum absolute atomic E-state index is 0.0506. The minimum Gasteiger partial charge on any atom is -0.497 e. The third kappa shape index (κ3) is 2.66. The number of ether oxygens (including phenoxy) is 3. The highest BCUT2D eigenvalue weighted by molar-refractivity contribution is 5.35. The van der Waals surface area contributed by atoms with Crippen molar-refractivity contribution in [2.24, 2.45) is 0 Å². The summed E-state index contributed by atoms with van der Waals surface area (Å²) in [5, 5.41) is 0. The van der Waals surface area contributed by atoms with Crippen molar-refractivity contribution in [2.45, 2.75) is 31.2 Å². The molecule has 0 spiro atoms. The van der Waals surface area contributed by atoms with E-state index in [0.717, 1.165) is 24.5 Å². The number of benzene rings is 2. The highest BCUT2D eigenvalue weighted by atomic mass is 16.5. The van der Waals surface area contributed by atoms with E-state index in [0.29, 0.717) is 0 Å². The average molecular weight is 325 g/mol. The van der Waals surface area contributed by atoms with Crippen LogP contribution in [0.4, 0.5) is 0 Å². The summed E-state index contributed by atoms with van der Waals surface area (Å²) < 4.78 is 17.0. The Hall–Kier alpha value is -2.04. The van der Waals surface area contributed by atoms with E-state index in [1.807, 2.05) is 24.3 Å². The van der Waals surface area contributed by atoms with Crippen LogP contribution in [0, 0.1) is 0 Å². The minimum atomic E-state index is 0.0506. The monoisotopic (exact) mass is 325 g/mol. The van der Waals surface area contributed by atoms with Gasteiger partial charge < -0.3 is 14.2 Å². The number of hydrogen-bond acceptors (Lipinski definition) is 4. The summed E-state index contributed by atoms with van der Waals surface area (Å²) >= 11 is 0. The third-order valence-corrected chi connectivity index (χ3v) is 5.09. The van der Waals surface area contributed by atoms with Crippen LogP contribution in [0.5, 0.6) is 11.5 Å². The maximum atomic E-state index is 6.42. The molecule has 3 atom stereocenters. The number of fused-ring (bicyclic) bond motifs is 1. The number of methoxy groups -OCH3 is 2. The molecule has 0 radical (unpaired) electrons. The van der Waals surface area contributed by atoms with E-state index in [9.17, 15) is 0 Å². The molecule has 0 saturated carbocycles. The molecule has 2 heterocycles. The molecule has 0 N–H and O–H groups in total. The molecule has 0 unspecified atom stereocenters. The molecule has 2 fully saturated rings. The van der Waals surface area contributed by atoms with Crippen LogP contribution in [0.1, 0.15) is 36.1 Å². The second-order valence-electron chi connectivity index (χ2n) is 6.38. The van der Waals surface area contributed by atoms with Crippen molar-refractivity contribution in [1.29, 1.82) is 0 Å². The van der Waals surface area contributed by atoms with E-state index in [1.165, 1.54) is 17.5 Å². The standard InChI is InChI=1S/C20H23NO3/c1-22-16-9-5-14(6-10-16)19-20(24-18-4-3-13-21(18)19)15-7-11-17(23-2)12-8-15/h5-12,18-20H,3-4,13H2,1-2H3/t18-,19+,20+/m0/s1. The van der Waals surface area contributed by atoms with E-state index in [1.54, 1.807) is 14.2 Å². The summed E-state index contributed by atoms with van der Waals surface area (Å²) in [6.07, 6.45) is 2.59. The highest BCUT2D eigenvalue weighted by Crippen LogP contribution is 2.48. The first-order valence-corrected chi connectivity index (χ1v) is 8.49. The van der Waals surface area contributed by atoms with Gasteiger partial charge in [-0.1, -0.05) is 24.3 Å². The van der Waals surface area contributed by atoms with Crippen molar-refractivity contribution in [3.63, 3.8) is 0 Å². The van der Waals surface area contributed by atoms with Crippen molar-refractivity contribution in [1.82, 2.24) is 4.90 Å². The van der Waals surface area contributed by atoms with Crippen molar-refractivity contribution in [2.75, 3.05) is 20.8 Å². The van der Waals surface area contributed by atoms with Crippen LogP contribution >= 0.6 is 0 Å². The Morgan fingerprint density at radius 2 is 1.46 bits per heavy atom. The van der Waals surface area contributed by atoms with Crippen LogP contribution in [-0.2, 0) is 4.74 Å². The molecule has 126 valence electrons. The largest absolute Gasteiger partial charge is 0.497 e. The average Bonchev–Trinajstić information content (AvgIpc) is 3.23. The van der Waals surface area contributed by atoms with E-state index in [-0.39, 0.29) is 18.4 Å². The van der Waals surface area contributed by atoms with Gasteiger partial charge in [-0.05, 0) is 48.2 Å². The zero-order chi connectivity index (χ0) is 16.5. The van der Waals surface area contributed by atoms with E-state index < -0.39 is 0 Å². The van der Waals surface area contributed by atoms with Gasteiger partial charge in [0.1, 0.15) is 23.8 Å². The first-order valence-electron chi connectivity index (χ1n) is 8.49. The maximum Gasteiger partial charge on any atom is 0.118 e. The molecular formula is C20H23NO3. The molecule has 24 heavy (non-hydrogen) atoms. The van der Waals surface area contributed by atoms with E-state index in [2.05, 4.69) is 29.2 Å². The molecule has 2 aromatic rings. The smallest absolute Gasteiger partial charge is 0.118 e. The Balaban J connectivity index is 1.68. The van der Waals surface area contributed by atoms with Crippen LogP contribution in [0.25, 0.3) is 0 Å². The van der Waals surface area contributed by atoms with E-state index >= 15 is 0 Å². The fourth-order valence-corrected chi connectivity index (χ4v) is 3.86. The Morgan fingerprint density at radius 3 is 2.04 bits per heavy atom. The molecule has 2 saturated heterocycles. The summed E-state index contributed by atoms with van der Waals surface area (Å²) in [4.78, 5) is 2.50. The predicted molar refractivity (Wildman–Crippen MR) is 92.3 cm³/mol. The topological polar surface area (TPSA) is 30.9 Å². The molecule has 0 amide bonds. The molecule has 2 aromatic carbocycles. The zero-order valence-corrected chi connectivity index (χ0v) is 14.1. The van der Waals surface area contributed by atoms with Crippen LogP contribution in [-0.4, -0.2) is 31.9 Å². The Bertz CT molecular complexity index is 683. The van der Waals surface area contributed by atoms with Crippen molar-refractivity contribution >= 4 is 0 Å². The maximum absolute atomic E-state index is 6.42. The second-order valence-corrected chi connectivity index (χ2v) is 6.38. The van der Waals surface area contributed by atoms with Gasteiger partial charge in [-0.15, -0.1) is 0 Å². The van der Waals surface area contributed by atoms with Gasteiger partial charge >= 0.3 is 0 Å². The third-order valence-electron chi connectivity index (χ3n) is 5.09. The lowest BCUT2D eigenvalue weighted by molar-refractivity contribution is 0.0173. The van der Waals surface area contributed by atoms with Crippen molar-refractivity contribution < 1.29 is 14.2 Å². The Labute approximate surface area is 142 Å². The lowest BCUT2D eigenvalue weighted by Gasteiger charge is -2.25. The molecular weight excluding hydrogens is 302 g/mol. The zero-order valence-electron chi connectivity index (χ0n) is 14.1. The molecule has 4 heteroatoms. The van der Waals surface area contributed by atoms with Gasteiger partial charge in [0.2, 0.25) is 0 Å². The fourth-order valence-electron chi connectivity index (χ4n) is 3.86. The lowest BCUT2D eigenvalue weighted by Crippen LogP contribution is -2.26. The van der Waals surface area contributed by atoms with Crippen LogP contribution in [0.15, 0.2) is 48.5 Å². The molecule has 4 rings (SSSR count). The summed E-state index contributed by atoms with van der Waals surface area (Å²) in [6.45, 7) is 1.09. The first kappa shape index (κ1) is 15.5. The summed E-state index contributed by atoms with van der Waals surface area (Å²) in [5.41, 5.74) is 2.48. The normalized spacial score (nSPS) is 26.3. The molecule has 4 nitrogen and oxygen atoms in total. The Kier molecular flexibility index (Phi) is 4.17. The van der Waals surface area contributed by atoms with Crippen LogP contribution in [0.2, 0.25) is 0 Å².